The molecule has 3 aromatic rings. The lowest BCUT2D eigenvalue weighted by atomic mass is 9.99. The third kappa shape index (κ3) is 4.98. The average molecular weight is 481 g/mol. The minimum Gasteiger partial charge on any atom is -0.299 e. The number of anilines is 1. The first-order chi connectivity index (χ1) is 14.7. The Balaban J connectivity index is 1.53. The number of thiazole rings is 1. The second-order valence-corrected chi connectivity index (χ2v) is 10.9. The second-order valence-electron chi connectivity index (χ2n) is 7.76. The van der Waals surface area contributed by atoms with Gasteiger partial charge < -0.3 is 0 Å². The molecule has 0 spiro atoms. The van der Waals surface area contributed by atoms with Gasteiger partial charge in [-0.25, -0.2) is 13.4 Å². The van der Waals surface area contributed by atoms with E-state index in [0.717, 1.165) is 41.9 Å². The molecular weight excluding hydrogens is 460 g/mol. The van der Waals surface area contributed by atoms with Crippen molar-refractivity contribution in [1.82, 2.24) is 9.88 Å². The summed E-state index contributed by atoms with van der Waals surface area (Å²) >= 11 is 7.01. The Hall–Kier alpha value is -2.27. The zero-order valence-electron chi connectivity index (χ0n) is 16.7. The van der Waals surface area contributed by atoms with Crippen LogP contribution in [0.5, 0.6) is 0 Å². The highest BCUT2D eigenvalue weighted by molar-refractivity contribution is 7.93. The molecule has 1 aromatic heterocycles. The highest BCUT2D eigenvalue weighted by Crippen LogP contribution is 2.31. The SMILES string of the molecule is CC1CCN(Cc2ccc3nc(NS(=O)(=O)c4ccc(Cl)c([N+](=O)[O-])c4)sc3c2)CC1. The summed E-state index contributed by atoms with van der Waals surface area (Å²) in [7, 11) is -4.05. The molecule has 2 heterocycles. The van der Waals surface area contributed by atoms with Gasteiger partial charge in [-0.1, -0.05) is 35.9 Å². The number of hydrogen-bond donors (Lipinski definition) is 1. The lowest BCUT2D eigenvalue weighted by Gasteiger charge is -2.30. The monoisotopic (exact) mass is 480 g/mol. The van der Waals surface area contributed by atoms with Crippen molar-refractivity contribution in [2.45, 2.75) is 31.2 Å². The molecule has 1 saturated heterocycles. The van der Waals surface area contributed by atoms with Gasteiger partial charge >= 0.3 is 0 Å². The van der Waals surface area contributed by atoms with E-state index in [1.807, 2.05) is 18.2 Å². The first-order valence-electron chi connectivity index (χ1n) is 9.80. The Bertz CT molecular complexity index is 1240. The quantitative estimate of drug-likeness (QED) is 0.397. The maximum atomic E-state index is 12.7. The summed E-state index contributed by atoms with van der Waals surface area (Å²) in [5, 5.41) is 11.1. The lowest BCUT2D eigenvalue weighted by Crippen LogP contribution is -2.32. The minimum atomic E-state index is -4.05. The lowest BCUT2D eigenvalue weighted by molar-refractivity contribution is -0.384. The maximum Gasteiger partial charge on any atom is 0.289 e. The molecule has 8 nitrogen and oxygen atoms in total. The van der Waals surface area contributed by atoms with Crippen molar-refractivity contribution < 1.29 is 13.3 Å². The first-order valence-corrected chi connectivity index (χ1v) is 12.5. The van der Waals surface area contributed by atoms with Crippen molar-refractivity contribution >= 4 is 54.0 Å². The average Bonchev–Trinajstić information content (AvgIpc) is 3.10. The van der Waals surface area contributed by atoms with Crippen molar-refractivity contribution in [2.24, 2.45) is 5.92 Å². The molecule has 4 rings (SSSR count). The van der Waals surface area contributed by atoms with Crippen molar-refractivity contribution in [3.05, 3.63) is 57.1 Å². The van der Waals surface area contributed by atoms with Crippen LogP contribution in [0, 0.1) is 16.0 Å². The Kier molecular flexibility index (Phi) is 6.16. The number of piperidine rings is 1. The molecular formula is C20H21ClN4O4S2. The molecule has 0 unspecified atom stereocenters. The van der Waals surface area contributed by atoms with Crippen LogP contribution in [0.15, 0.2) is 41.3 Å². The Morgan fingerprint density at radius 1 is 1.26 bits per heavy atom. The third-order valence-electron chi connectivity index (χ3n) is 5.38. The van der Waals surface area contributed by atoms with Crippen LogP contribution in [0.1, 0.15) is 25.3 Å². The van der Waals surface area contributed by atoms with Gasteiger partial charge in [-0.2, -0.15) is 0 Å². The van der Waals surface area contributed by atoms with Crippen molar-refractivity contribution in [1.29, 1.82) is 0 Å². The molecule has 0 bridgehead atoms. The Morgan fingerprint density at radius 3 is 2.71 bits per heavy atom. The molecule has 0 amide bonds. The maximum absolute atomic E-state index is 12.7. The highest BCUT2D eigenvalue weighted by Gasteiger charge is 2.22. The molecule has 1 aliphatic heterocycles. The predicted molar refractivity (Wildman–Crippen MR) is 122 cm³/mol. The van der Waals surface area contributed by atoms with Gasteiger partial charge in [0.1, 0.15) is 5.02 Å². The molecule has 1 fully saturated rings. The number of benzene rings is 2. The van der Waals surface area contributed by atoms with Gasteiger partial charge in [0.15, 0.2) is 5.13 Å². The number of nitro benzene ring substituents is 1. The molecule has 31 heavy (non-hydrogen) atoms. The number of hydrogen-bond acceptors (Lipinski definition) is 7. The van der Waals surface area contributed by atoms with E-state index in [1.165, 1.54) is 36.3 Å². The Morgan fingerprint density at radius 2 is 2.00 bits per heavy atom. The van der Waals surface area contributed by atoms with Gasteiger partial charge in [0.25, 0.3) is 15.7 Å². The molecule has 1 aliphatic rings. The number of rotatable bonds is 6. The van der Waals surface area contributed by atoms with Crippen molar-refractivity contribution in [3.63, 3.8) is 0 Å². The minimum absolute atomic E-state index is 0.125. The highest BCUT2D eigenvalue weighted by atomic mass is 35.5. The van der Waals surface area contributed by atoms with Crippen LogP contribution in [0.25, 0.3) is 10.2 Å². The zero-order valence-corrected chi connectivity index (χ0v) is 19.1. The van der Waals surface area contributed by atoms with Gasteiger partial charge in [0.05, 0.1) is 20.0 Å². The van der Waals surface area contributed by atoms with Crippen LogP contribution in [0.3, 0.4) is 0 Å². The van der Waals surface area contributed by atoms with E-state index in [0.29, 0.717) is 5.52 Å². The molecule has 0 radical (unpaired) electrons. The normalized spacial score (nSPS) is 15.9. The number of sulfonamides is 1. The van der Waals surface area contributed by atoms with Crippen molar-refractivity contribution in [2.75, 3.05) is 17.8 Å². The number of halogens is 1. The largest absolute Gasteiger partial charge is 0.299 e. The summed E-state index contributed by atoms with van der Waals surface area (Å²) in [6, 6.07) is 9.30. The topological polar surface area (TPSA) is 105 Å². The summed E-state index contributed by atoms with van der Waals surface area (Å²) in [5.74, 6) is 0.776. The molecule has 0 atom stereocenters. The zero-order chi connectivity index (χ0) is 22.2. The molecule has 1 N–H and O–H groups in total. The molecule has 164 valence electrons. The van der Waals surface area contributed by atoms with E-state index < -0.39 is 20.6 Å². The van der Waals surface area contributed by atoms with Crippen LogP contribution in [-0.4, -0.2) is 36.3 Å². The van der Waals surface area contributed by atoms with E-state index in [2.05, 4.69) is 21.5 Å². The van der Waals surface area contributed by atoms with Crippen LogP contribution in [0.2, 0.25) is 5.02 Å². The number of nitrogens with one attached hydrogen (secondary N) is 1. The molecule has 2 aromatic carbocycles. The Labute approximate surface area is 189 Å². The smallest absolute Gasteiger partial charge is 0.289 e. The second kappa shape index (κ2) is 8.70. The summed E-state index contributed by atoms with van der Waals surface area (Å²) < 4.78 is 28.7. The number of aromatic nitrogens is 1. The van der Waals surface area contributed by atoms with Crippen LogP contribution < -0.4 is 4.72 Å². The van der Waals surface area contributed by atoms with Crippen LogP contribution in [0.4, 0.5) is 10.8 Å². The van der Waals surface area contributed by atoms with Crippen LogP contribution in [-0.2, 0) is 16.6 Å². The predicted octanol–water partition coefficient (Wildman–Crippen LogP) is 4.89. The number of nitro groups is 1. The van der Waals surface area contributed by atoms with E-state index in [9.17, 15) is 18.5 Å². The molecule has 11 heteroatoms. The number of fused-ring (bicyclic) bond motifs is 1. The summed E-state index contributed by atoms with van der Waals surface area (Å²) in [6.07, 6.45) is 2.41. The van der Waals surface area contributed by atoms with Gasteiger partial charge in [-0.05, 0) is 61.7 Å². The van der Waals surface area contributed by atoms with Gasteiger partial charge in [0, 0.05) is 12.6 Å². The fourth-order valence-corrected chi connectivity index (χ4v) is 5.93. The fraction of sp³-hybridized carbons (Fsp3) is 0.350. The van der Waals surface area contributed by atoms with E-state index in [1.54, 1.807) is 0 Å². The number of nitrogens with zero attached hydrogens (tertiary/aromatic N) is 3. The molecule has 0 saturated carbocycles. The van der Waals surface area contributed by atoms with Gasteiger partial charge in [-0.15, -0.1) is 0 Å². The standard InChI is InChI=1S/C20H21ClN4O4S2/c1-13-6-8-24(9-7-13)12-14-2-5-17-19(10-14)30-20(22-17)23-31(28,29)15-3-4-16(21)18(11-15)25(26)27/h2-5,10-11,13H,6-9,12H2,1H3,(H,22,23). The van der Waals surface area contributed by atoms with E-state index in [4.69, 9.17) is 11.6 Å². The summed E-state index contributed by atoms with van der Waals surface area (Å²) in [4.78, 5) is 16.9. The van der Waals surface area contributed by atoms with Crippen molar-refractivity contribution in [3.8, 4) is 0 Å². The summed E-state index contributed by atoms with van der Waals surface area (Å²) in [6.45, 7) is 5.31. The fourth-order valence-electron chi connectivity index (χ4n) is 3.56. The van der Waals surface area contributed by atoms with E-state index in [-0.39, 0.29) is 15.0 Å². The van der Waals surface area contributed by atoms with Crippen LogP contribution >= 0.6 is 22.9 Å². The first kappa shape index (κ1) is 21.9. The van der Waals surface area contributed by atoms with Gasteiger partial charge in [-0.3, -0.25) is 19.7 Å². The van der Waals surface area contributed by atoms with Gasteiger partial charge in [0.2, 0.25) is 0 Å². The number of likely N-dealkylation sites (tertiary alicyclic amines) is 1. The summed E-state index contributed by atoms with van der Waals surface area (Å²) in [5.41, 5.74) is 1.39. The molecule has 0 aliphatic carbocycles. The third-order valence-corrected chi connectivity index (χ3v) is 8.10. The van der Waals surface area contributed by atoms with E-state index >= 15 is 0 Å².